The minimum atomic E-state index is -0.260. The smallest absolute Gasteiger partial charge is 0.267 e. The molecular formula is C9H16N3O2+. The summed E-state index contributed by atoms with van der Waals surface area (Å²) in [5.74, 6) is -0.0658. The van der Waals surface area contributed by atoms with E-state index in [1.54, 1.807) is 31.1 Å². The Morgan fingerprint density at radius 2 is 2.29 bits per heavy atom. The van der Waals surface area contributed by atoms with Crippen molar-refractivity contribution in [3.63, 3.8) is 0 Å². The summed E-state index contributed by atoms with van der Waals surface area (Å²) < 4.78 is 6.73. The van der Waals surface area contributed by atoms with Gasteiger partial charge >= 0.3 is 0 Å². The maximum atomic E-state index is 11.6. The van der Waals surface area contributed by atoms with Crippen molar-refractivity contribution in [3.8, 4) is 0 Å². The third-order valence-corrected chi connectivity index (χ3v) is 2.09. The molecule has 0 radical (unpaired) electrons. The van der Waals surface area contributed by atoms with Gasteiger partial charge in [0.25, 0.3) is 5.91 Å². The monoisotopic (exact) mass is 198 g/mol. The van der Waals surface area contributed by atoms with Crippen LogP contribution in [-0.2, 0) is 9.53 Å². The lowest BCUT2D eigenvalue weighted by Gasteiger charge is -2.14. The predicted octanol–water partition coefficient (Wildman–Crippen LogP) is -0.0282. The van der Waals surface area contributed by atoms with Crippen LogP contribution in [-0.4, -0.2) is 24.2 Å². The number of hydrogen-bond acceptors (Lipinski definition) is 2. The number of H-pyrrole nitrogens is 1. The lowest BCUT2D eigenvalue weighted by molar-refractivity contribution is -0.704. The Morgan fingerprint density at radius 3 is 2.79 bits per heavy atom. The lowest BCUT2D eigenvalue weighted by atomic mass is 10.3. The second-order valence-corrected chi connectivity index (χ2v) is 3.12. The standard InChI is InChI=1S/C9H15N3O2/c1-7(12-5-4-10-6-12)9(13)11-8(2)14-3/h4-8H,1-3H3,(H,11,13)/p+1/t7-,8?/m1/s1. The van der Waals surface area contributed by atoms with E-state index in [1.807, 2.05) is 13.1 Å². The Labute approximate surface area is 83.1 Å². The largest absolute Gasteiger partial charge is 0.362 e. The number of imidazole rings is 1. The number of methoxy groups -OCH3 is 1. The van der Waals surface area contributed by atoms with E-state index in [0.29, 0.717) is 0 Å². The van der Waals surface area contributed by atoms with Gasteiger partial charge in [-0.1, -0.05) is 0 Å². The second kappa shape index (κ2) is 4.76. The minimum absolute atomic E-state index is 0.0658. The summed E-state index contributed by atoms with van der Waals surface area (Å²) in [6.07, 6.45) is 5.05. The maximum absolute atomic E-state index is 11.6. The van der Waals surface area contributed by atoms with Gasteiger partial charge in [-0.25, -0.2) is 4.57 Å². The molecule has 5 nitrogen and oxygen atoms in total. The van der Waals surface area contributed by atoms with E-state index in [9.17, 15) is 4.79 Å². The van der Waals surface area contributed by atoms with Gasteiger partial charge in [-0.15, -0.1) is 0 Å². The van der Waals surface area contributed by atoms with E-state index in [0.717, 1.165) is 0 Å². The molecule has 0 aliphatic heterocycles. The predicted molar refractivity (Wildman–Crippen MR) is 50.3 cm³/mol. The van der Waals surface area contributed by atoms with E-state index in [2.05, 4.69) is 10.3 Å². The Balaban J connectivity index is 2.53. The summed E-state index contributed by atoms with van der Waals surface area (Å²) in [6, 6.07) is -0.237. The van der Waals surface area contributed by atoms with Crippen LogP contribution in [0, 0.1) is 0 Å². The van der Waals surface area contributed by atoms with Crippen LogP contribution in [0.4, 0.5) is 0 Å². The van der Waals surface area contributed by atoms with Crippen molar-refractivity contribution in [3.05, 3.63) is 18.7 Å². The van der Waals surface area contributed by atoms with E-state index >= 15 is 0 Å². The van der Waals surface area contributed by atoms with Crippen molar-refractivity contribution in [1.29, 1.82) is 0 Å². The molecule has 0 saturated heterocycles. The summed E-state index contributed by atoms with van der Waals surface area (Å²) in [4.78, 5) is 14.5. The average Bonchev–Trinajstić information content (AvgIpc) is 2.69. The van der Waals surface area contributed by atoms with E-state index in [1.165, 1.54) is 0 Å². The molecule has 0 aliphatic rings. The zero-order chi connectivity index (χ0) is 10.6. The Kier molecular flexibility index (Phi) is 3.64. The SMILES string of the molecule is COC(C)NC(=O)[C@@H](C)[n+]1cc[nH]c1. The number of ether oxygens (including phenoxy) is 1. The highest BCUT2D eigenvalue weighted by Crippen LogP contribution is 1.94. The van der Waals surface area contributed by atoms with Crippen LogP contribution in [0.15, 0.2) is 18.7 Å². The van der Waals surface area contributed by atoms with Crippen LogP contribution < -0.4 is 9.88 Å². The summed E-state index contributed by atoms with van der Waals surface area (Å²) in [6.45, 7) is 3.61. The molecule has 1 aromatic heterocycles. The van der Waals surface area contributed by atoms with Crippen molar-refractivity contribution in [2.24, 2.45) is 0 Å². The fraction of sp³-hybridized carbons (Fsp3) is 0.556. The molecule has 2 N–H and O–H groups in total. The number of nitrogens with one attached hydrogen (secondary N) is 2. The van der Waals surface area contributed by atoms with Crippen molar-refractivity contribution in [2.45, 2.75) is 26.1 Å². The molecule has 0 saturated carbocycles. The van der Waals surface area contributed by atoms with Crippen LogP contribution in [0.1, 0.15) is 19.9 Å². The van der Waals surface area contributed by atoms with Gasteiger partial charge in [0.05, 0.1) is 0 Å². The first kappa shape index (κ1) is 10.7. The molecular weight excluding hydrogens is 182 g/mol. The lowest BCUT2D eigenvalue weighted by Crippen LogP contribution is -2.48. The number of carbonyl (C=O) groups is 1. The molecule has 0 aliphatic carbocycles. The second-order valence-electron chi connectivity index (χ2n) is 3.12. The highest BCUT2D eigenvalue weighted by Gasteiger charge is 2.19. The first-order chi connectivity index (χ1) is 6.65. The van der Waals surface area contributed by atoms with Crippen molar-refractivity contribution in [2.75, 3.05) is 7.11 Å². The topological polar surface area (TPSA) is 58.0 Å². The van der Waals surface area contributed by atoms with Gasteiger partial charge in [0, 0.05) is 7.11 Å². The van der Waals surface area contributed by atoms with Crippen LogP contribution in [0.2, 0.25) is 0 Å². The summed E-state index contributed by atoms with van der Waals surface area (Å²) in [5, 5.41) is 2.72. The van der Waals surface area contributed by atoms with E-state index in [-0.39, 0.29) is 18.2 Å². The normalized spacial score (nSPS) is 14.8. The highest BCUT2D eigenvalue weighted by atomic mass is 16.5. The molecule has 78 valence electrons. The first-order valence-corrected chi connectivity index (χ1v) is 4.52. The van der Waals surface area contributed by atoms with Gasteiger partial charge in [0.1, 0.15) is 18.6 Å². The fourth-order valence-electron chi connectivity index (χ4n) is 1.06. The van der Waals surface area contributed by atoms with Crippen molar-refractivity contribution >= 4 is 5.91 Å². The van der Waals surface area contributed by atoms with Crippen LogP contribution >= 0.6 is 0 Å². The Bertz CT molecular complexity index is 284. The quantitative estimate of drug-likeness (QED) is 0.527. The number of hydrogen-bond donors (Lipinski definition) is 2. The van der Waals surface area contributed by atoms with Gasteiger partial charge in [0.15, 0.2) is 6.04 Å². The third kappa shape index (κ3) is 2.56. The zero-order valence-electron chi connectivity index (χ0n) is 8.65. The molecule has 1 unspecified atom stereocenters. The van der Waals surface area contributed by atoms with E-state index in [4.69, 9.17) is 4.74 Å². The molecule has 0 bridgehead atoms. The minimum Gasteiger partial charge on any atom is -0.362 e. The van der Waals surface area contributed by atoms with Crippen LogP contribution in [0.5, 0.6) is 0 Å². The van der Waals surface area contributed by atoms with Crippen LogP contribution in [0.3, 0.4) is 0 Å². The molecule has 2 atom stereocenters. The molecule has 0 aromatic carbocycles. The molecule has 1 heterocycles. The Hall–Kier alpha value is -1.36. The van der Waals surface area contributed by atoms with Gasteiger partial charge in [0.2, 0.25) is 6.33 Å². The zero-order valence-corrected chi connectivity index (χ0v) is 8.65. The molecule has 1 rings (SSSR count). The summed E-state index contributed by atoms with van der Waals surface area (Å²) in [5.41, 5.74) is 0. The molecule has 1 amide bonds. The number of rotatable bonds is 4. The number of amides is 1. The van der Waals surface area contributed by atoms with Crippen LogP contribution in [0.25, 0.3) is 0 Å². The molecule has 5 heteroatoms. The highest BCUT2D eigenvalue weighted by molar-refractivity contribution is 5.78. The molecule has 1 aromatic rings. The maximum Gasteiger partial charge on any atom is 0.267 e. The third-order valence-electron chi connectivity index (χ3n) is 2.09. The molecule has 14 heavy (non-hydrogen) atoms. The number of carbonyl (C=O) groups excluding carboxylic acids is 1. The van der Waals surface area contributed by atoms with Crippen molar-refractivity contribution in [1.82, 2.24) is 10.3 Å². The molecule has 0 spiro atoms. The fourth-order valence-corrected chi connectivity index (χ4v) is 1.06. The van der Waals surface area contributed by atoms with Gasteiger partial charge in [-0.3, -0.25) is 9.78 Å². The van der Waals surface area contributed by atoms with Gasteiger partial charge in [-0.2, -0.15) is 0 Å². The molecule has 0 fully saturated rings. The number of aromatic amines is 1. The van der Waals surface area contributed by atoms with E-state index < -0.39 is 0 Å². The average molecular weight is 198 g/mol. The number of nitrogens with zero attached hydrogens (tertiary/aromatic N) is 1. The number of aromatic nitrogens is 2. The summed E-state index contributed by atoms with van der Waals surface area (Å²) >= 11 is 0. The van der Waals surface area contributed by atoms with Gasteiger partial charge < -0.3 is 10.1 Å². The first-order valence-electron chi connectivity index (χ1n) is 4.52. The van der Waals surface area contributed by atoms with Gasteiger partial charge in [-0.05, 0) is 13.8 Å². The Morgan fingerprint density at radius 1 is 1.57 bits per heavy atom. The summed E-state index contributed by atoms with van der Waals surface area (Å²) in [7, 11) is 1.55. The van der Waals surface area contributed by atoms with Crippen molar-refractivity contribution < 1.29 is 14.1 Å².